The third-order valence-electron chi connectivity index (χ3n) is 4.68. The molecule has 0 radical (unpaired) electrons. The molecule has 2 aliphatic rings. The highest BCUT2D eigenvalue weighted by Gasteiger charge is 2.47. The third-order valence-corrected chi connectivity index (χ3v) is 5.82. The molecule has 104 valence electrons. The van der Waals surface area contributed by atoms with Crippen LogP contribution in [0.3, 0.4) is 0 Å². The SMILES string of the molecule is CCc1ncc(C(=O)NC2C3CCC(C3)C2CO)s1. The van der Waals surface area contributed by atoms with E-state index in [1.165, 1.54) is 30.6 Å². The number of carbonyl (C=O) groups excluding carboxylic acids is 1. The van der Waals surface area contributed by atoms with Crippen LogP contribution in [-0.2, 0) is 6.42 Å². The number of rotatable bonds is 4. The minimum Gasteiger partial charge on any atom is -0.396 e. The lowest BCUT2D eigenvalue weighted by molar-refractivity contribution is 0.0865. The number of nitrogens with zero attached hydrogens (tertiary/aromatic N) is 1. The molecular formula is C14H20N2O2S. The molecule has 2 saturated carbocycles. The zero-order chi connectivity index (χ0) is 13.4. The second-order valence-corrected chi connectivity index (χ2v) is 6.77. The van der Waals surface area contributed by atoms with E-state index in [2.05, 4.69) is 10.3 Å². The van der Waals surface area contributed by atoms with Crippen LogP contribution in [0.5, 0.6) is 0 Å². The van der Waals surface area contributed by atoms with Crippen LogP contribution in [0, 0.1) is 17.8 Å². The van der Waals surface area contributed by atoms with Crippen LogP contribution in [0.2, 0.25) is 0 Å². The maximum absolute atomic E-state index is 12.2. The molecule has 2 bridgehead atoms. The van der Waals surface area contributed by atoms with Gasteiger partial charge in [0.1, 0.15) is 4.88 Å². The molecule has 19 heavy (non-hydrogen) atoms. The van der Waals surface area contributed by atoms with Gasteiger partial charge < -0.3 is 10.4 Å². The maximum Gasteiger partial charge on any atom is 0.263 e. The number of aryl methyl sites for hydroxylation is 1. The summed E-state index contributed by atoms with van der Waals surface area (Å²) in [5.74, 6) is 1.40. The first-order chi connectivity index (χ1) is 9.22. The van der Waals surface area contributed by atoms with Crippen molar-refractivity contribution in [2.45, 2.75) is 38.6 Å². The second-order valence-electron chi connectivity index (χ2n) is 5.65. The molecule has 4 atom stereocenters. The van der Waals surface area contributed by atoms with Gasteiger partial charge in [-0.05, 0) is 37.5 Å². The highest BCUT2D eigenvalue weighted by Crippen LogP contribution is 2.48. The summed E-state index contributed by atoms with van der Waals surface area (Å²) in [5, 5.41) is 13.7. The summed E-state index contributed by atoms with van der Waals surface area (Å²) in [6, 6.07) is 0.156. The van der Waals surface area contributed by atoms with Crippen LogP contribution >= 0.6 is 11.3 Å². The van der Waals surface area contributed by atoms with Gasteiger partial charge in [0.15, 0.2) is 0 Å². The predicted octanol–water partition coefficient (Wildman–Crippen LogP) is 1.84. The van der Waals surface area contributed by atoms with Crippen molar-refractivity contribution in [3.63, 3.8) is 0 Å². The molecule has 4 unspecified atom stereocenters. The van der Waals surface area contributed by atoms with E-state index in [4.69, 9.17) is 0 Å². The first kappa shape index (κ1) is 13.1. The summed E-state index contributed by atoms with van der Waals surface area (Å²) >= 11 is 1.47. The number of fused-ring (bicyclic) bond motifs is 2. The molecule has 3 rings (SSSR count). The fourth-order valence-corrected chi connectivity index (χ4v) is 4.46. The van der Waals surface area contributed by atoms with Gasteiger partial charge in [-0.2, -0.15) is 0 Å². The monoisotopic (exact) mass is 280 g/mol. The quantitative estimate of drug-likeness (QED) is 0.884. The van der Waals surface area contributed by atoms with E-state index in [0.29, 0.717) is 16.7 Å². The standard InChI is InChI=1S/C14H20N2O2S/c1-2-12-15-6-11(19-12)14(18)16-13-9-4-3-8(5-9)10(13)7-17/h6,8-10,13,17H,2-5,7H2,1H3,(H,16,18). The number of hydrogen-bond acceptors (Lipinski definition) is 4. The van der Waals surface area contributed by atoms with Gasteiger partial charge in [-0.15, -0.1) is 11.3 Å². The minimum absolute atomic E-state index is 0.0202. The van der Waals surface area contributed by atoms with Crippen molar-refractivity contribution in [1.29, 1.82) is 0 Å². The number of amides is 1. The average molecular weight is 280 g/mol. The van der Waals surface area contributed by atoms with Gasteiger partial charge >= 0.3 is 0 Å². The molecule has 2 N–H and O–H groups in total. The summed E-state index contributed by atoms with van der Waals surface area (Å²) in [4.78, 5) is 17.2. The zero-order valence-electron chi connectivity index (χ0n) is 11.1. The average Bonchev–Trinajstić information content (AvgIpc) is 3.13. The van der Waals surface area contributed by atoms with Crippen LogP contribution in [0.4, 0.5) is 0 Å². The molecule has 5 heteroatoms. The molecule has 1 heterocycles. The van der Waals surface area contributed by atoms with Crippen molar-refractivity contribution in [2.75, 3.05) is 6.61 Å². The molecule has 1 amide bonds. The maximum atomic E-state index is 12.2. The fraction of sp³-hybridized carbons (Fsp3) is 0.714. The Bertz CT molecular complexity index is 474. The van der Waals surface area contributed by atoms with Gasteiger partial charge in [0.25, 0.3) is 5.91 Å². The van der Waals surface area contributed by atoms with Gasteiger partial charge in [-0.25, -0.2) is 4.98 Å². The largest absolute Gasteiger partial charge is 0.396 e. The number of carbonyl (C=O) groups is 1. The molecule has 2 fully saturated rings. The number of hydrogen-bond donors (Lipinski definition) is 2. The van der Waals surface area contributed by atoms with E-state index in [1.807, 2.05) is 6.92 Å². The van der Waals surface area contributed by atoms with Gasteiger partial charge in [-0.3, -0.25) is 4.79 Å². The number of aliphatic hydroxyl groups excluding tert-OH is 1. The molecule has 1 aromatic rings. The lowest BCUT2D eigenvalue weighted by atomic mass is 9.85. The van der Waals surface area contributed by atoms with Gasteiger partial charge in [0.2, 0.25) is 0 Å². The highest BCUT2D eigenvalue weighted by atomic mass is 32.1. The Morgan fingerprint density at radius 2 is 2.32 bits per heavy atom. The summed E-state index contributed by atoms with van der Waals surface area (Å²) in [6.45, 7) is 2.23. The third kappa shape index (κ3) is 2.30. The van der Waals surface area contributed by atoms with Crippen LogP contribution in [0.15, 0.2) is 6.20 Å². The van der Waals surface area contributed by atoms with Crippen molar-refractivity contribution in [3.05, 3.63) is 16.1 Å². The van der Waals surface area contributed by atoms with Crippen molar-refractivity contribution < 1.29 is 9.90 Å². The van der Waals surface area contributed by atoms with E-state index in [9.17, 15) is 9.90 Å². The van der Waals surface area contributed by atoms with Crippen molar-refractivity contribution in [2.24, 2.45) is 17.8 Å². The molecule has 0 spiro atoms. The topological polar surface area (TPSA) is 62.2 Å². The van der Waals surface area contributed by atoms with E-state index >= 15 is 0 Å². The molecule has 0 saturated heterocycles. The van der Waals surface area contributed by atoms with Crippen molar-refractivity contribution in [1.82, 2.24) is 10.3 Å². The Hall–Kier alpha value is -0.940. The summed E-state index contributed by atoms with van der Waals surface area (Å²) in [7, 11) is 0. The van der Waals surface area contributed by atoms with Crippen LogP contribution in [0.25, 0.3) is 0 Å². The molecule has 0 aromatic carbocycles. The van der Waals surface area contributed by atoms with Gasteiger partial charge in [-0.1, -0.05) is 6.92 Å². The van der Waals surface area contributed by atoms with E-state index in [0.717, 1.165) is 11.4 Å². The first-order valence-electron chi connectivity index (χ1n) is 7.09. The Morgan fingerprint density at radius 1 is 1.53 bits per heavy atom. The smallest absolute Gasteiger partial charge is 0.263 e. The molecular weight excluding hydrogens is 260 g/mol. The number of aromatic nitrogens is 1. The van der Waals surface area contributed by atoms with E-state index in [1.54, 1.807) is 6.20 Å². The van der Waals surface area contributed by atoms with E-state index < -0.39 is 0 Å². The second kappa shape index (κ2) is 5.21. The molecule has 1 aromatic heterocycles. The van der Waals surface area contributed by atoms with Crippen LogP contribution in [0.1, 0.15) is 40.9 Å². The highest BCUT2D eigenvalue weighted by molar-refractivity contribution is 7.13. The van der Waals surface area contributed by atoms with Gasteiger partial charge in [0.05, 0.1) is 11.2 Å². The van der Waals surface area contributed by atoms with Crippen LogP contribution in [-0.4, -0.2) is 28.6 Å². The lowest BCUT2D eigenvalue weighted by Gasteiger charge is -2.30. The van der Waals surface area contributed by atoms with Crippen molar-refractivity contribution in [3.8, 4) is 0 Å². The number of nitrogens with one attached hydrogen (secondary N) is 1. The molecule has 0 aliphatic heterocycles. The Labute approximate surface area is 117 Å². The number of thiazole rings is 1. The van der Waals surface area contributed by atoms with E-state index in [-0.39, 0.29) is 24.5 Å². The van der Waals surface area contributed by atoms with Gasteiger partial charge in [0, 0.05) is 18.6 Å². The first-order valence-corrected chi connectivity index (χ1v) is 7.91. The predicted molar refractivity (Wildman–Crippen MR) is 74.2 cm³/mol. The Balaban J connectivity index is 1.69. The minimum atomic E-state index is -0.0202. The van der Waals surface area contributed by atoms with Crippen molar-refractivity contribution >= 4 is 17.2 Å². The normalized spacial score (nSPS) is 32.7. The Morgan fingerprint density at radius 3 is 3.00 bits per heavy atom. The van der Waals surface area contributed by atoms with Crippen LogP contribution < -0.4 is 5.32 Å². The fourth-order valence-electron chi connectivity index (χ4n) is 3.70. The lowest BCUT2D eigenvalue weighted by Crippen LogP contribution is -2.45. The summed E-state index contributed by atoms with van der Waals surface area (Å²) in [6.07, 6.45) is 6.10. The molecule has 4 nitrogen and oxygen atoms in total. The summed E-state index contributed by atoms with van der Waals surface area (Å²) < 4.78 is 0. The number of aliphatic hydroxyl groups is 1. The summed E-state index contributed by atoms with van der Waals surface area (Å²) in [5.41, 5.74) is 0. The Kier molecular flexibility index (Phi) is 3.58. The zero-order valence-corrected chi connectivity index (χ0v) is 11.9. The molecule has 2 aliphatic carbocycles.